The fourth-order valence-corrected chi connectivity index (χ4v) is 3.81. The van der Waals surface area contributed by atoms with Crippen LogP contribution in [0.15, 0.2) is 53.4 Å². The third-order valence-electron chi connectivity index (χ3n) is 3.67. The van der Waals surface area contributed by atoms with Gasteiger partial charge in [0.05, 0.1) is 11.0 Å². The number of sulfonamides is 1. The molecule has 0 saturated carbocycles. The summed E-state index contributed by atoms with van der Waals surface area (Å²) >= 11 is 0. The minimum Gasteiger partial charge on any atom is -0.374 e. The summed E-state index contributed by atoms with van der Waals surface area (Å²) < 4.78 is 32.8. The van der Waals surface area contributed by atoms with Crippen LogP contribution >= 0.6 is 0 Å². The summed E-state index contributed by atoms with van der Waals surface area (Å²) in [5, 5.41) is 0. The van der Waals surface area contributed by atoms with Gasteiger partial charge in [-0.25, -0.2) is 13.1 Å². The van der Waals surface area contributed by atoms with Gasteiger partial charge in [0.15, 0.2) is 0 Å². The van der Waals surface area contributed by atoms with Crippen LogP contribution in [-0.2, 0) is 14.8 Å². The first-order valence-corrected chi connectivity index (χ1v) is 9.66. The predicted molar refractivity (Wildman–Crippen MR) is 97.4 cm³/mol. The fourth-order valence-electron chi connectivity index (χ4n) is 2.51. The Hall–Kier alpha value is -1.69. The van der Waals surface area contributed by atoms with Gasteiger partial charge in [-0.05, 0) is 56.5 Å². The van der Waals surface area contributed by atoms with Crippen molar-refractivity contribution in [2.24, 2.45) is 0 Å². The molecule has 0 aliphatic heterocycles. The van der Waals surface area contributed by atoms with Crippen molar-refractivity contribution in [3.8, 4) is 11.1 Å². The number of hydrogen-bond acceptors (Lipinski definition) is 3. The van der Waals surface area contributed by atoms with Crippen molar-refractivity contribution in [1.82, 2.24) is 4.72 Å². The van der Waals surface area contributed by atoms with Crippen LogP contribution in [0.3, 0.4) is 0 Å². The first-order valence-electron chi connectivity index (χ1n) is 8.18. The van der Waals surface area contributed by atoms with E-state index in [1.165, 1.54) is 0 Å². The van der Waals surface area contributed by atoms with E-state index >= 15 is 0 Å². The van der Waals surface area contributed by atoms with Gasteiger partial charge in [-0.2, -0.15) is 0 Å². The molecule has 0 aliphatic rings. The van der Waals surface area contributed by atoms with E-state index in [9.17, 15) is 8.42 Å². The highest BCUT2D eigenvalue weighted by molar-refractivity contribution is 7.89. The maximum atomic E-state index is 12.3. The van der Waals surface area contributed by atoms with Crippen molar-refractivity contribution in [2.45, 2.75) is 44.7 Å². The Morgan fingerprint density at radius 2 is 1.67 bits per heavy atom. The molecule has 0 spiro atoms. The normalized spacial score (nSPS) is 13.2. The Balaban J connectivity index is 2.29. The lowest BCUT2D eigenvalue weighted by Crippen LogP contribution is -2.30. The topological polar surface area (TPSA) is 55.4 Å². The molecule has 0 amide bonds. The second kappa shape index (κ2) is 7.92. The van der Waals surface area contributed by atoms with E-state index in [1.54, 1.807) is 32.0 Å². The molecule has 130 valence electrons. The molecule has 5 heteroatoms. The highest BCUT2D eigenvalue weighted by Crippen LogP contribution is 2.25. The van der Waals surface area contributed by atoms with Crippen LogP contribution in [0.5, 0.6) is 0 Å². The van der Waals surface area contributed by atoms with Gasteiger partial charge in [0.1, 0.15) is 0 Å². The molecule has 1 N–H and O–H groups in total. The summed E-state index contributed by atoms with van der Waals surface area (Å²) in [6.07, 6.45) is 0.0472. The molecular formula is C19H25NO3S. The molecular weight excluding hydrogens is 322 g/mol. The summed E-state index contributed by atoms with van der Waals surface area (Å²) in [5.41, 5.74) is 2.95. The Labute approximate surface area is 144 Å². The third kappa shape index (κ3) is 4.66. The lowest BCUT2D eigenvalue weighted by atomic mass is 10.0. The molecule has 0 saturated heterocycles. The summed E-state index contributed by atoms with van der Waals surface area (Å²) in [5.74, 6) is 0. The average Bonchev–Trinajstić information content (AvgIpc) is 2.54. The van der Waals surface area contributed by atoms with Gasteiger partial charge in [0, 0.05) is 12.6 Å². The second-order valence-electron chi connectivity index (χ2n) is 6.02. The minimum absolute atomic E-state index is 0.0472. The molecule has 0 radical (unpaired) electrons. The zero-order chi connectivity index (χ0) is 17.7. The Bertz CT molecular complexity index is 767. The summed E-state index contributed by atoms with van der Waals surface area (Å²) in [6.45, 7) is 8.27. The highest BCUT2D eigenvalue weighted by Gasteiger charge is 2.16. The van der Waals surface area contributed by atoms with Crippen LogP contribution in [0.25, 0.3) is 11.1 Å². The van der Waals surface area contributed by atoms with Gasteiger partial charge < -0.3 is 4.74 Å². The van der Waals surface area contributed by atoms with E-state index < -0.39 is 10.0 Å². The maximum absolute atomic E-state index is 12.3. The monoisotopic (exact) mass is 347 g/mol. The van der Waals surface area contributed by atoms with E-state index in [4.69, 9.17) is 4.74 Å². The number of nitrogens with one attached hydrogen (secondary N) is 1. The van der Waals surface area contributed by atoms with Gasteiger partial charge >= 0.3 is 0 Å². The van der Waals surface area contributed by atoms with Crippen LogP contribution in [0.1, 0.15) is 39.4 Å². The second-order valence-corrected chi connectivity index (χ2v) is 7.74. The van der Waals surface area contributed by atoms with Crippen LogP contribution in [0, 0.1) is 0 Å². The lowest BCUT2D eigenvalue weighted by molar-refractivity contribution is 0.0764. The Morgan fingerprint density at radius 3 is 2.25 bits per heavy atom. The minimum atomic E-state index is -3.49. The van der Waals surface area contributed by atoms with Gasteiger partial charge in [-0.15, -0.1) is 0 Å². The largest absolute Gasteiger partial charge is 0.374 e. The lowest BCUT2D eigenvalue weighted by Gasteiger charge is -2.13. The van der Waals surface area contributed by atoms with Crippen molar-refractivity contribution >= 4 is 10.0 Å². The summed E-state index contributed by atoms with van der Waals surface area (Å²) in [6, 6.07) is 14.9. The van der Waals surface area contributed by atoms with Crippen molar-refractivity contribution in [3.63, 3.8) is 0 Å². The zero-order valence-corrected chi connectivity index (χ0v) is 15.4. The van der Waals surface area contributed by atoms with Crippen LogP contribution < -0.4 is 4.72 Å². The fraction of sp³-hybridized carbons (Fsp3) is 0.368. The molecule has 0 bridgehead atoms. The van der Waals surface area contributed by atoms with E-state index in [0.29, 0.717) is 6.61 Å². The molecule has 0 aromatic heterocycles. The summed E-state index contributed by atoms with van der Waals surface area (Å²) in [4.78, 5) is 0.278. The summed E-state index contributed by atoms with van der Waals surface area (Å²) in [7, 11) is -3.49. The van der Waals surface area contributed by atoms with Gasteiger partial charge in [0.25, 0.3) is 0 Å². The van der Waals surface area contributed by atoms with E-state index in [0.717, 1.165) is 16.7 Å². The smallest absolute Gasteiger partial charge is 0.240 e. The molecule has 0 aliphatic carbocycles. The molecule has 1 unspecified atom stereocenters. The van der Waals surface area contributed by atoms with Crippen LogP contribution in [0.2, 0.25) is 0 Å². The Kier molecular flexibility index (Phi) is 6.15. The SMILES string of the molecule is CCOC(C)c1ccc(-c2cccc(S(=O)(=O)NC(C)C)c2)cc1. The molecule has 24 heavy (non-hydrogen) atoms. The molecule has 0 heterocycles. The van der Waals surface area contributed by atoms with E-state index in [2.05, 4.69) is 4.72 Å². The number of hydrogen-bond donors (Lipinski definition) is 1. The first kappa shape index (κ1) is 18.6. The van der Waals surface area contributed by atoms with Crippen molar-refractivity contribution in [1.29, 1.82) is 0 Å². The van der Waals surface area contributed by atoms with Crippen LogP contribution in [0.4, 0.5) is 0 Å². The van der Waals surface area contributed by atoms with Crippen molar-refractivity contribution in [3.05, 3.63) is 54.1 Å². The Morgan fingerprint density at radius 1 is 1.00 bits per heavy atom. The molecule has 2 aromatic rings. The number of rotatable bonds is 7. The molecule has 0 fully saturated rings. The standard InChI is InChI=1S/C19H25NO3S/c1-5-23-15(4)16-9-11-17(12-10-16)18-7-6-8-19(13-18)24(21,22)20-14(2)3/h6-15,20H,5H2,1-4H3. The molecule has 1 atom stereocenters. The van der Waals surface area contributed by atoms with Crippen molar-refractivity contribution in [2.75, 3.05) is 6.61 Å². The highest BCUT2D eigenvalue weighted by atomic mass is 32.2. The van der Waals surface area contributed by atoms with Gasteiger partial charge in [-0.1, -0.05) is 36.4 Å². The van der Waals surface area contributed by atoms with Gasteiger partial charge in [-0.3, -0.25) is 0 Å². The van der Waals surface area contributed by atoms with Gasteiger partial charge in [0.2, 0.25) is 10.0 Å². The molecule has 2 aromatic carbocycles. The maximum Gasteiger partial charge on any atom is 0.240 e. The van der Waals surface area contributed by atoms with Crippen LogP contribution in [-0.4, -0.2) is 21.1 Å². The first-order chi connectivity index (χ1) is 11.3. The predicted octanol–water partition coefficient (Wildman–Crippen LogP) is 4.14. The third-order valence-corrected chi connectivity index (χ3v) is 5.32. The number of benzene rings is 2. The van der Waals surface area contributed by atoms with E-state index in [-0.39, 0.29) is 17.0 Å². The quantitative estimate of drug-likeness (QED) is 0.819. The zero-order valence-electron chi connectivity index (χ0n) is 14.6. The molecule has 2 rings (SSSR count). The molecule has 4 nitrogen and oxygen atoms in total. The van der Waals surface area contributed by atoms with E-state index in [1.807, 2.05) is 44.2 Å². The van der Waals surface area contributed by atoms with Crippen molar-refractivity contribution < 1.29 is 13.2 Å². The average molecular weight is 347 g/mol. The number of ether oxygens (including phenoxy) is 1.